The van der Waals surface area contributed by atoms with Crippen LogP contribution in [-0.4, -0.2) is 27.1 Å². The lowest BCUT2D eigenvalue weighted by atomic mass is 10.2. The minimum Gasteiger partial charge on any atom is -0.350 e. The van der Waals surface area contributed by atoms with Gasteiger partial charge in [0.1, 0.15) is 6.54 Å². The summed E-state index contributed by atoms with van der Waals surface area (Å²) in [6.45, 7) is -0.229. The summed E-state index contributed by atoms with van der Waals surface area (Å²) in [6, 6.07) is 9.53. The molecule has 26 heavy (non-hydrogen) atoms. The van der Waals surface area contributed by atoms with Gasteiger partial charge in [0.05, 0.1) is 27.0 Å². The van der Waals surface area contributed by atoms with E-state index in [0.717, 1.165) is 16.1 Å². The first-order chi connectivity index (χ1) is 12.1. The molecule has 140 valence electrons. The second-order valence-electron chi connectivity index (χ2n) is 5.39. The quantitative estimate of drug-likeness (QED) is 0.657. The van der Waals surface area contributed by atoms with Crippen LogP contribution in [0.2, 0.25) is 20.1 Å². The number of halogens is 4. The molecular weight excluding hydrogens is 442 g/mol. The maximum atomic E-state index is 12.2. The highest BCUT2D eigenvalue weighted by molar-refractivity contribution is 7.92. The molecule has 1 amide bonds. The lowest BCUT2D eigenvalue weighted by Crippen LogP contribution is -2.40. The molecule has 0 spiro atoms. The smallest absolute Gasteiger partial charge is 0.241 e. The maximum Gasteiger partial charge on any atom is 0.241 e. The number of rotatable bonds is 6. The number of benzene rings is 2. The lowest BCUT2D eigenvalue weighted by molar-refractivity contribution is -0.119. The molecule has 0 radical (unpaired) electrons. The number of anilines is 1. The first-order valence-electron chi connectivity index (χ1n) is 7.21. The molecule has 10 heteroatoms. The van der Waals surface area contributed by atoms with E-state index in [1.165, 1.54) is 12.1 Å². The summed E-state index contributed by atoms with van der Waals surface area (Å²) in [5.41, 5.74) is 0.895. The van der Waals surface area contributed by atoms with Gasteiger partial charge in [-0.25, -0.2) is 8.42 Å². The average molecular weight is 456 g/mol. The van der Waals surface area contributed by atoms with Crippen LogP contribution in [-0.2, 0) is 21.4 Å². The Hall–Kier alpha value is -1.18. The van der Waals surface area contributed by atoms with Gasteiger partial charge in [0.15, 0.2) is 0 Å². The number of hydrogen-bond donors (Lipinski definition) is 1. The fourth-order valence-corrected chi connectivity index (χ4v) is 3.75. The van der Waals surface area contributed by atoms with Gasteiger partial charge in [-0.3, -0.25) is 9.10 Å². The minimum atomic E-state index is -3.78. The molecule has 2 aromatic rings. The highest BCUT2D eigenvalue weighted by Gasteiger charge is 2.24. The van der Waals surface area contributed by atoms with Crippen LogP contribution >= 0.6 is 46.4 Å². The summed E-state index contributed by atoms with van der Waals surface area (Å²) < 4.78 is 25.1. The van der Waals surface area contributed by atoms with E-state index >= 15 is 0 Å². The molecule has 0 atom stereocenters. The second kappa shape index (κ2) is 8.67. The number of carbonyl (C=O) groups is 1. The third kappa shape index (κ3) is 5.66. The van der Waals surface area contributed by atoms with Gasteiger partial charge in [0.2, 0.25) is 15.9 Å². The highest BCUT2D eigenvalue weighted by Crippen LogP contribution is 2.35. The molecule has 0 heterocycles. The molecule has 5 nitrogen and oxygen atoms in total. The summed E-state index contributed by atoms with van der Waals surface area (Å²) in [5, 5.41) is 3.60. The SMILES string of the molecule is CS(=O)(=O)N(CC(=O)NCc1ccc(Cl)cc1)c1cc(Cl)c(Cl)cc1Cl. The summed E-state index contributed by atoms with van der Waals surface area (Å²) in [5.74, 6) is -0.507. The fraction of sp³-hybridized carbons (Fsp3) is 0.188. The predicted octanol–water partition coefficient (Wildman–Crippen LogP) is 4.38. The number of carbonyl (C=O) groups excluding carboxylic acids is 1. The van der Waals surface area contributed by atoms with E-state index < -0.39 is 22.5 Å². The van der Waals surface area contributed by atoms with Crippen LogP contribution in [0.1, 0.15) is 5.56 Å². The Kier molecular flexibility index (Phi) is 7.05. The molecular formula is C16H14Cl4N2O3S. The normalized spacial score (nSPS) is 11.3. The summed E-state index contributed by atoms with van der Waals surface area (Å²) in [6.07, 6.45) is 0.971. The van der Waals surface area contributed by atoms with Crippen molar-refractivity contribution >= 4 is 68.0 Å². The van der Waals surface area contributed by atoms with Crippen molar-refractivity contribution in [1.82, 2.24) is 5.32 Å². The zero-order chi connectivity index (χ0) is 19.5. The van der Waals surface area contributed by atoms with Gasteiger partial charge in [0, 0.05) is 11.6 Å². The van der Waals surface area contributed by atoms with Crippen molar-refractivity contribution < 1.29 is 13.2 Å². The van der Waals surface area contributed by atoms with E-state index in [1.807, 2.05) is 0 Å². The Morgan fingerprint density at radius 3 is 2.15 bits per heavy atom. The van der Waals surface area contributed by atoms with Crippen molar-refractivity contribution in [2.75, 3.05) is 17.1 Å². The van der Waals surface area contributed by atoms with Crippen molar-refractivity contribution in [3.05, 3.63) is 62.1 Å². The Morgan fingerprint density at radius 2 is 1.58 bits per heavy atom. The van der Waals surface area contributed by atoms with Crippen molar-refractivity contribution in [3.8, 4) is 0 Å². The Balaban J connectivity index is 2.17. The van der Waals surface area contributed by atoms with Crippen LogP contribution in [0.3, 0.4) is 0 Å². The van der Waals surface area contributed by atoms with Gasteiger partial charge >= 0.3 is 0 Å². The first kappa shape index (κ1) is 21.1. The summed E-state index contributed by atoms with van der Waals surface area (Å²) in [4.78, 5) is 12.2. The third-order valence-electron chi connectivity index (χ3n) is 3.35. The largest absolute Gasteiger partial charge is 0.350 e. The van der Waals surface area contributed by atoms with Crippen LogP contribution in [0.5, 0.6) is 0 Å². The van der Waals surface area contributed by atoms with E-state index in [-0.39, 0.29) is 27.3 Å². The molecule has 0 unspecified atom stereocenters. The van der Waals surface area contributed by atoms with Crippen molar-refractivity contribution in [1.29, 1.82) is 0 Å². The van der Waals surface area contributed by atoms with E-state index in [9.17, 15) is 13.2 Å². The van der Waals surface area contributed by atoms with Gasteiger partial charge in [-0.05, 0) is 29.8 Å². The number of nitrogens with zero attached hydrogens (tertiary/aromatic N) is 1. The fourth-order valence-electron chi connectivity index (χ4n) is 2.07. The number of amides is 1. The van der Waals surface area contributed by atoms with Crippen LogP contribution < -0.4 is 9.62 Å². The topological polar surface area (TPSA) is 66.5 Å². The molecule has 0 saturated carbocycles. The van der Waals surface area contributed by atoms with Crippen LogP contribution in [0.15, 0.2) is 36.4 Å². The van der Waals surface area contributed by atoms with E-state index in [2.05, 4.69) is 5.32 Å². The average Bonchev–Trinajstić information content (AvgIpc) is 2.55. The van der Waals surface area contributed by atoms with Gasteiger partial charge in [-0.2, -0.15) is 0 Å². The predicted molar refractivity (Wildman–Crippen MR) is 107 cm³/mol. The Bertz CT molecular complexity index is 918. The molecule has 0 fully saturated rings. The molecule has 0 aliphatic rings. The highest BCUT2D eigenvalue weighted by atomic mass is 35.5. The van der Waals surface area contributed by atoms with E-state index in [4.69, 9.17) is 46.4 Å². The summed E-state index contributed by atoms with van der Waals surface area (Å²) >= 11 is 23.7. The molecule has 0 saturated heterocycles. The van der Waals surface area contributed by atoms with Crippen LogP contribution in [0.25, 0.3) is 0 Å². The van der Waals surface area contributed by atoms with Crippen molar-refractivity contribution in [2.45, 2.75) is 6.54 Å². The number of sulfonamides is 1. The van der Waals surface area contributed by atoms with Crippen molar-refractivity contribution in [3.63, 3.8) is 0 Å². The van der Waals surface area contributed by atoms with Crippen molar-refractivity contribution in [2.24, 2.45) is 0 Å². The van der Waals surface area contributed by atoms with Crippen LogP contribution in [0.4, 0.5) is 5.69 Å². The lowest BCUT2D eigenvalue weighted by Gasteiger charge is -2.23. The van der Waals surface area contributed by atoms with Gasteiger partial charge in [-0.1, -0.05) is 58.5 Å². The zero-order valence-corrected chi connectivity index (χ0v) is 17.3. The standard InChI is InChI=1S/C16H14Cl4N2O3S/c1-26(24,25)22(15-7-13(19)12(18)6-14(15)20)9-16(23)21-8-10-2-4-11(17)5-3-10/h2-7H,8-9H2,1H3,(H,21,23). The third-order valence-corrected chi connectivity index (χ3v) is 5.75. The maximum absolute atomic E-state index is 12.2. The first-order valence-corrected chi connectivity index (χ1v) is 10.6. The monoisotopic (exact) mass is 454 g/mol. The van der Waals surface area contributed by atoms with Gasteiger partial charge < -0.3 is 5.32 Å². The number of hydrogen-bond acceptors (Lipinski definition) is 3. The van der Waals surface area contributed by atoms with E-state index in [1.54, 1.807) is 24.3 Å². The second-order valence-corrected chi connectivity index (χ2v) is 8.96. The molecule has 0 aromatic heterocycles. The minimum absolute atomic E-state index is 0.0651. The Morgan fingerprint density at radius 1 is 1.00 bits per heavy atom. The molecule has 0 aliphatic heterocycles. The molecule has 0 bridgehead atoms. The number of nitrogens with one attached hydrogen (secondary N) is 1. The molecule has 0 aliphatic carbocycles. The van der Waals surface area contributed by atoms with Gasteiger partial charge in [0.25, 0.3) is 0 Å². The van der Waals surface area contributed by atoms with Gasteiger partial charge in [-0.15, -0.1) is 0 Å². The van der Waals surface area contributed by atoms with E-state index in [0.29, 0.717) is 5.02 Å². The van der Waals surface area contributed by atoms with Crippen LogP contribution in [0, 0.1) is 0 Å². The molecule has 2 aromatic carbocycles. The molecule has 1 N–H and O–H groups in total. The summed E-state index contributed by atoms with van der Waals surface area (Å²) in [7, 11) is -3.78. The molecule has 2 rings (SSSR count). The zero-order valence-electron chi connectivity index (χ0n) is 13.5. The Labute approximate surface area is 171 Å².